The molecular formula is C15H11F4N5O2S. The number of benzene rings is 1. The molecule has 0 N–H and O–H groups in total. The second-order valence-electron chi connectivity index (χ2n) is 5.65. The lowest BCUT2D eigenvalue weighted by molar-refractivity contribution is -0.144. The summed E-state index contributed by atoms with van der Waals surface area (Å²) in [6.07, 6.45) is -3.97. The molecule has 0 amide bonds. The summed E-state index contributed by atoms with van der Waals surface area (Å²) >= 11 is 0. The van der Waals surface area contributed by atoms with Crippen molar-refractivity contribution in [3.8, 4) is 17.2 Å². The van der Waals surface area contributed by atoms with E-state index in [1.807, 2.05) is 0 Å². The molecule has 3 rings (SSSR count). The van der Waals surface area contributed by atoms with E-state index in [1.54, 1.807) is 6.92 Å². The molecule has 2 heterocycles. The Kier molecular flexibility index (Phi) is 4.46. The molecule has 0 saturated heterocycles. The zero-order chi connectivity index (χ0) is 20.0. The van der Waals surface area contributed by atoms with E-state index >= 15 is 0 Å². The van der Waals surface area contributed by atoms with Crippen molar-refractivity contribution in [2.75, 3.05) is 6.26 Å². The quantitative estimate of drug-likeness (QED) is 0.627. The van der Waals surface area contributed by atoms with E-state index in [1.165, 1.54) is 12.1 Å². The van der Waals surface area contributed by atoms with Crippen molar-refractivity contribution in [1.82, 2.24) is 25.0 Å². The fraction of sp³-hybridized carbons (Fsp3) is 0.200. The summed E-state index contributed by atoms with van der Waals surface area (Å²) in [4.78, 5) is 3.39. The van der Waals surface area contributed by atoms with Gasteiger partial charge < -0.3 is 0 Å². The number of alkyl halides is 3. The van der Waals surface area contributed by atoms with Gasteiger partial charge in [-0.3, -0.25) is 0 Å². The number of rotatable bonds is 3. The van der Waals surface area contributed by atoms with Crippen molar-refractivity contribution < 1.29 is 26.0 Å². The fourth-order valence-corrected chi connectivity index (χ4v) is 2.70. The molecule has 0 unspecified atom stereocenters. The average Bonchev–Trinajstić information content (AvgIpc) is 2.99. The fourth-order valence-electron chi connectivity index (χ4n) is 2.19. The van der Waals surface area contributed by atoms with Gasteiger partial charge in [0.2, 0.25) is 0 Å². The molecule has 0 aliphatic heterocycles. The molecule has 3 aromatic rings. The molecule has 0 aliphatic carbocycles. The standard InChI is InChI=1S/C15H11F4N5O2S/c1-8-3-4-9(10(16)7-8)13-20-14(15(17,18)19)23-24(13)11-5-6-12(22-21-11)27(2,25)26/h3-7H,1-2H3. The van der Waals surface area contributed by atoms with Crippen LogP contribution in [0.4, 0.5) is 17.6 Å². The Morgan fingerprint density at radius 1 is 1.07 bits per heavy atom. The van der Waals surface area contributed by atoms with Crippen molar-refractivity contribution in [3.63, 3.8) is 0 Å². The molecule has 0 bridgehead atoms. The van der Waals surface area contributed by atoms with Crippen LogP contribution >= 0.6 is 0 Å². The van der Waals surface area contributed by atoms with Crippen molar-refractivity contribution in [2.45, 2.75) is 18.1 Å². The molecule has 0 aliphatic rings. The summed E-state index contributed by atoms with van der Waals surface area (Å²) in [6, 6.07) is 6.07. The summed E-state index contributed by atoms with van der Waals surface area (Å²) in [5.41, 5.74) is 0.341. The lowest BCUT2D eigenvalue weighted by Gasteiger charge is -2.06. The summed E-state index contributed by atoms with van der Waals surface area (Å²) < 4.78 is 77.0. The Hall–Kier alpha value is -2.89. The maximum atomic E-state index is 14.3. The van der Waals surface area contributed by atoms with E-state index in [0.29, 0.717) is 10.2 Å². The number of aromatic nitrogens is 5. The van der Waals surface area contributed by atoms with Crippen molar-refractivity contribution in [2.24, 2.45) is 0 Å². The Bertz CT molecular complexity index is 1110. The monoisotopic (exact) mass is 401 g/mol. The van der Waals surface area contributed by atoms with Gasteiger partial charge in [0.15, 0.2) is 26.5 Å². The molecule has 142 valence electrons. The summed E-state index contributed by atoms with van der Waals surface area (Å²) in [5.74, 6) is -2.98. The molecule has 0 saturated carbocycles. The zero-order valence-electron chi connectivity index (χ0n) is 13.9. The van der Waals surface area contributed by atoms with E-state index in [9.17, 15) is 26.0 Å². The highest BCUT2D eigenvalue weighted by molar-refractivity contribution is 7.90. The average molecular weight is 401 g/mol. The summed E-state index contributed by atoms with van der Waals surface area (Å²) in [7, 11) is -3.65. The molecule has 12 heteroatoms. The highest BCUT2D eigenvalue weighted by atomic mass is 32.2. The van der Waals surface area contributed by atoms with E-state index < -0.39 is 33.5 Å². The first-order valence-corrected chi connectivity index (χ1v) is 9.21. The Labute approximate surface area is 150 Å². The van der Waals surface area contributed by atoms with Gasteiger partial charge in [0, 0.05) is 6.26 Å². The van der Waals surface area contributed by atoms with Gasteiger partial charge in [-0.2, -0.15) is 17.9 Å². The predicted molar refractivity (Wildman–Crippen MR) is 85.2 cm³/mol. The third kappa shape index (κ3) is 3.79. The smallest absolute Gasteiger partial charge is 0.222 e. The molecular weight excluding hydrogens is 390 g/mol. The second-order valence-corrected chi connectivity index (χ2v) is 7.62. The van der Waals surface area contributed by atoms with E-state index in [-0.39, 0.29) is 16.4 Å². The van der Waals surface area contributed by atoms with Gasteiger partial charge in [-0.05, 0) is 36.8 Å². The highest BCUT2D eigenvalue weighted by Crippen LogP contribution is 2.31. The van der Waals surface area contributed by atoms with Gasteiger partial charge in [0.05, 0.1) is 5.56 Å². The number of nitrogens with zero attached hydrogens (tertiary/aromatic N) is 5. The summed E-state index contributed by atoms with van der Waals surface area (Å²) in [5, 5.41) is 10.0. The van der Waals surface area contributed by atoms with Crippen LogP contribution in [0.15, 0.2) is 35.4 Å². The van der Waals surface area contributed by atoms with Crippen LogP contribution in [0.3, 0.4) is 0 Å². The van der Waals surface area contributed by atoms with Crippen LogP contribution in [0, 0.1) is 12.7 Å². The molecule has 1 aromatic carbocycles. The van der Waals surface area contributed by atoms with Crippen molar-refractivity contribution in [1.29, 1.82) is 0 Å². The third-order valence-electron chi connectivity index (χ3n) is 3.45. The van der Waals surface area contributed by atoms with E-state index in [4.69, 9.17) is 0 Å². The summed E-state index contributed by atoms with van der Waals surface area (Å²) in [6.45, 7) is 1.62. The van der Waals surface area contributed by atoms with E-state index in [2.05, 4.69) is 20.3 Å². The molecule has 2 aromatic heterocycles. The normalized spacial score (nSPS) is 12.4. The minimum Gasteiger partial charge on any atom is -0.222 e. The molecule has 27 heavy (non-hydrogen) atoms. The van der Waals surface area contributed by atoms with Crippen LogP contribution in [0.25, 0.3) is 17.2 Å². The van der Waals surface area contributed by atoms with Gasteiger partial charge in [0.1, 0.15) is 5.82 Å². The first-order valence-electron chi connectivity index (χ1n) is 7.32. The van der Waals surface area contributed by atoms with Gasteiger partial charge in [-0.1, -0.05) is 6.07 Å². The molecule has 0 fully saturated rings. The number of sulfone groups is 1. The minimum atomic E-state index is -4.87. The Morgan fingerprint density at radius 2 is 1.78 bits per heavy atom. The number of hydrogen-bond acceptors (Lipinski definition) is 6. The van der Waals surface area contributed by atoms with Gasteiger partial charge in [0.25, 0.3) is 5.82 Å². The minimum absolute atomic E-state index is 0.224. The lowest BCUT2D eigenvalue weighted by Crippen LogP contribution is -2.10. The molecule has 0 atom stereocenters. The van der Waals surface area contributed by atoms with Gasteiger partial charge in [-0.25, -0.2) is 17.8 Å². The number of aryl methyl sites for hydroxylation is 1. The number of hydrogen-bond donors (Lipinski definition) is 0. The lowest BCUT2D eigenvalue weighted by atomic mass is 10.1. The molecule has 0 spiro atoms. The third-order valence-corrected chi connectivity index (χ3v) is 4.43. The molecule has 7 nitrogen and oxygen atoms in total. The maximum absolute atomic E-state index is 14.3. The zero-order valence-corrected chi connectivity index (χ0v) is 14.7. The van der Waals surface area contributed by atoms with Crippen LogP contribution in [0.1, 0.15) is 11.4 Å². The van der Waals surface area contributed by atoms with Crippen molar-refractivity contribution >= 4 is 9.84 Å². The number of halogens is 4. The Morgan fingerprint density at radius 3 is 2.30 bits per heavy atom. The predicted octanol–water partition coefficient (Wildman–Crippen LogP) is 2.59. The van der Waals surface area contributed by atoms with E-state index in [0.717, 1.165) is 24.5 Å². The van der Waals surface area contributed by atoms with Crippen LogP contribution in [-0.2, 0) is 16.0 Å². The van der Waals surface area contributed by atoms with Gasteiger partial charge in [-0.15, -0.1) is 15.3 Å². The van der Waals surface area contributed by atoms with Crippen LogP contribution < -0.4 is 0 Å². The second kappa shape index (κ2) is 6.37. The van der Waals surface area contributed by atoms with Crippen molar-refractivity contribution in [3.05, 3.63) is 47.5 Å². The largest absolute Gasteiger partial charge is 0.453 e. The highest BCUT2D eigenvalue weighted by Gasteiger charge is 2.38. The van der Waals surface area contributed by atoms with Crippen LogP contribution in [0.5, 0.6) is 0 Å². The topological polar surface area (TPSA) is 90.6 Å². The SMILES string of the molecule is Cc1ccc(-c2nc(C(F)(F)F)nn2-c2ccc(S(C)(=O)=O)nn2)c(F)c1. The molecule has 0 radical (unpaired) electrons. The first kappa shape index (κ1) is 18.9. The first-order chi connectivity index (χ1) is 12.5. The van der Waals surface area contributed by atoms with Crippen LogP contribution in [-0.4, -0.2) is 39.6 Å². The van der Waals surface area contributed by atoms with Gasteiger partial charge >= 0.3 is 6.18 Å². The van der Waals surface area contributed by atoms with Crippen LogP contribution in [0.2, 0.25) is 0 Å². The maximum Gasteiger partial charge on any atom is 0.453 e. The Balaban J connectivity index is 2.21.